The number of Topliss-reactive ketones (excluding diaryl/α,β-unsaturated/α-hetero) is 2. The van der Waals surface area contributed by atoms with Crippen LogP contribution in [0.15, 0.2) is 101 Å². The first-order chi connectivity index (χ1) is 22.3. The van der Waals surface area contributed by atoms with Gasteiger partial charge >= 0.3 is 0 Å². The van der Waals surface area contributed by atoms with E-state index in [1.54, 1.807) is 6.08 Å². The van der Waals surface area contributed by atoms with Gasteiger partial charge in [-0.15, -0.1) is 6.58 Å². The molecule has 0 bridgehead atoms. The number of benzene rings is 3. The third-order valence-corrected chi connectivity index (χ3v) is 9.12. The summed E-state index contributed by atoms with van der Waals surface area (Å²) in [5.74, 6) is -4.45. The molecule has 7 rings (SSSR count). The maximum Gasteiger partial charge on any atom is 0.265 e. The van der Waals surface area contributed by atoms with Crippen LogP contribution in [0.2, 0.25) is 0 Å². The van der Waals surface area contributed by atoms with Crippen molar-refractivity contribution in [2.24, 2.45) is 11.8 Å². The molecule has 46 heavy (non-hydrogen) atoms. The summed E-state index contributed by atoms with van der Waals surface area (Å²) in [6.45, 7) is 4.22. The number of aromatic nitrogens is 1. The molecule has 10 heteroatoms. The average Bonchev–Trinajstić information content (AvgIpc) is 3.50. The van der Waals surface area contributed by atoms with Crippen LogP contribution in [-0.4, -0.2) is 39.1 Å². The third kappa shape index (κ3) is 4.72. The van der Waals surface area contributed by atoms with E-state index in [4.69, 9.17) is 14.0 Å². The van der Waals surface area contributed by atoms with Crippen LogP contribution in [0.25, 0.3) is 0 Å². The molecular formula is C36H31FN2O7. The maximum atomic E-state index is 15.3. The van der Waals surface area contributed by atoms with Gasteiger partial charge in [0.2, 0.25) is 5.78 Å². The summed E-state index contributed by atoms with van der Waals surface area (Å²) in [6.07, 6.45) is 1.73. The normalized spacial score (nSPS) is 23.2. The van der Waals surface area contributed by atoms with E-state index in [9.17, 15) is 19.8 Å². The van der Waals surface area contributed by atoms with Crippen molar-refractivity contribution in [2.75, 3.05) is 6.54 Å². The summed E-state index contributed by atoms with van der Waals surface area (Å²) in [4.78, 5) is 28.4. The number of aliphatic hydroxyl groups excluding tert-OH is 1. The van der Waals surface area contributed by atoms with Gasteiger partial charge in [-0.3, -0.25) is 9.59 Å². The zero-order valence-electron chi connectivity index (χ0n) is 24.7. The third-order valence-electron chi connectivity index (χ3n) is 9.12. The van der Waals surface area contributed by atoms with E-state index >= 15 is 4.39 Å². The number of rotatable bonds is 9. The van der Waals surface area contributed by atoms with E-state index in [1.165, 1.54) is 12.1 Å². The van der Waals surface area contributed by atoms with Gasteiger partial charge in [0, 0.05) is 23.6 Å². The Hall–Kier alpha value is -5.06. The summed E-state index contributed by atoms with van der Waals surface area (Å²) in [6, 6.07) is 20.4. The summed E-state index contributed by atoms with van der Waals surface area (Å²) < 4.78 is 32.8. The molecule has 0 fully saturated rings. The molecule has 9 nitrogen and oxygen atoms in total. The van der Waals surface area contributed by atoms with E-state index in [0.717, 1.165) is 11.1 Å². The monoisotopic (exact) mass is 622 g/mol. The van der Waals surface area contributed by atoms with Crippen molar-refractivity contribution < 1.29 is 38.2 Å². The quantitative estimate of drug-likeness (QED) is 0.204. The van der Waals surface area contributed by atoms with Gasteiger partial charge in [0.1, 0.15) is 36.1 Å². The molecule has 4 atom stereocenters. The zero-order valence-corrected chi connectivity index (χ0v) is 24.7. The van der Waals surface area contributed by atoms with Crippen LogP contribution in [0.3, 0.4) is 0 Å². The molecule has 0 radical (unpaired) electrons. The van der Waals surface area contributed by atoms with Gasteiger partial charge in [0.05, 0.1) is 11.6 Å². The number of hydrogen-bond donors (Lipinski definition) is 3. The lowest BCUT2D eigenvalue weighted by Gasteiger charge is -2.48. The fraction of sp³-hybridized carbons (Fsp3) is 0.250. The van der Waals surface area contributed by atoms with Gasteiger partial charge in [-0.1, -0.05) is 66.7 Å². The predicted octanol–water partition coefficient (Wildman–Crippen LogP) is 5.60. The van der Waals surface area contributed by atoms with Crippen LogP contribution >= 0.6 is 0 Å². The standard InChI is InChI=1S/C36H31FN2O7/c1-2-15-38-30-24-17-22-16-23-25(37)13-14-26(44-18-20-9-5-3-6-10-20)28(23)31(40)27(22)33(41)36(24,43)34(42)29-32(30)46-39-35(29)45-19-21-11-7-4-8-12-21/h2-14,22,24,30,38,41,43H,1,15-19H2/t22-,24-,30-,36-/m0/s1. The lowest BCUT2D eigenvalue weighted by molar-refractivity contribution is -0.0401. The molecule has 1 aromatic heterocycles. The second-order valence-corrected chi connectivity index (χ2v) is 11.8. The maximum absolute atomic E-state index is 15.3. The minimum absolute atomic E-state index is 0.0297. The Morgan fingerprint density at radius 2 is 1.67 bits per heavy atom. The van der Waals surface area contributed by atoms with Gasteiger partial charge in [-0.2, -0.15) is 0 Å². The summed E-state index contributed by atoms with van der Waals surface area (Å²) in [7, 11) is 0. The lowest BCUT2D eigenvalue weighted by atomic mass is 9.59. The van der Waals surface area contributed by atoms with Gasteiger partial charge in [0.25, 0.3) is 5.88 Å². The number of hydrogen-bond acceptors (Lipinski definition) is 9. The highest BCUT2D eigenvalue weighted by Crippen LogP contribution is 2.55. The van der Waals surface area contributed by atoms with Crippen molar-refractivity contribution in [1.29, 1.82) is 0 Å². The number of nitrogens with one attached hydrogen (secondary N) is 1. The number of ketones is 2. The van der Waals surface area contributed by atoms with E-state index in [1.807, 2.05) is 60.7 Å². The lowest BCUT2D eigenvalue weighted by Crippen LogP contribution is -2.59. The second kappa shape index (κ2) is 11.7. The molecule has 3 aliphatic rings. The largest absolute Gasteiger partial charge is 0.508 e. The minimum atomic E-state index is -2.51. The number of aliphatic hydroxyl groups is 2. The zero-order chi connectivity index (χ0) is 32.0. The Morgan fingerprint density at radius 1 is 1.00 bits per heavy atom. The Labute approximate surface area is 263 Å². The number of nitrogens with zero attached hydrogens (tertiary/aromatic N) is 1. The number of fused-ring (bicyclic) bond motifs is 4. The van der Waals surface area contributed by atoms with E-state index in [2.05, 4.69) is 17.1 Å². The van der Waals surface area contributed by atoms with Crippen molar-refractivity contribution in [3.05, 3.63) is 136 Å². The van der Waals surface area contributed by atoms with Crippen LogP contribution in [0, 0.1) is 17.7 Å². The molecule has 3 aliphatic carbocycles. The van der Waals surface area contributed by atoms with E-state index in [0.29, 0.717) is 0 Å². The van der Waals surface area contributed by atoms with Crippen LogP contribution in [0.4, 0.5) is 4.39 Å². The SMILES string of the molecule is C=CCN[C@@H]1c2onc(OCc3ccccc3)c2C(=O)[C@@]2(O)C(O)=C3C(=O)c4c(OCc5ccccc5)ccc(F)c4C[C@H]3C[C@@H]12. The molecular weight excluding hydrogens is 591 g/mol. The first-order valence-electron chi connectivity index (χ1n) is 15.1. The number of carbonyl (C=O) groups excluding carboxylic acids is 2. The second-order valence-electron chi connectivity index (χ2n) is 11.8. The van der Waals surface area contributed by atoms with Crippen molar-refractivity contribution in [3.63, 3.8) is 0 Å². The molecule has 3 N–H and O–H groups in total. The fourth-order valence-electron chi connectivity index (χ4n) is 6.94. The highest BCUT2D eigenvalue weighted by Gasteiger charge is 2.63. The molecule has 1 heterocycles. The fourth-order valence-corrected chi connectivity index (χ4v) is 6.94. The average molecular weight is 623 g/mol. The first kappa shape index (κ1) is 29.6. The van der Waals surface area contributed by atoms with Gasteiger partial charge < -0.3 is 29.5 Å². The van der Waals surface area contributed by atoms with Crippen LogP contribution in [0.5, 0.6) is 11.6 Å². The predicted molar refractivity (Wildman–Crippen MR) is 164 cm³/mol. The highest BCUT2D eigenvalue weighted by atomic mass is 19.1. The van der Waals surface area contributed by atoms with Crippen molar-refractivity contribution in [1.82, 2.24) is 10.5 Å². The molecule has 0 spiro atoms. The van der Waals surface area contributed by atoms with Crippen molar-refractivity contribution in [2.45, 2.75) is 37.7 Å². The van der Waals surface area contributed by atoms with Crippen LogP contribution in [-0.2, 0) is 19.6 Å². The Kier molecular flexibility index (Phi) is 7.54. The highest BCUT2D eigenvalue weighted by molar-refractivity contribution is 6.16. The van der Waals surface area contributed by atoms with Crippen LogP contribution in [0.1, 0.15) is 55.6 Å². The van der Waals surface area contributed by atoms with E-state index in [-0.39, 0.29) is 72.3 Å². The van der Waals surface area contributed by atoms with Gasteiger partial charge in [0.15, 0.2) is 17.1 Å². The Balaban J connectivity index is 1.29. The molecule has 3 aromatic carbocycles. The van der Waals surface area contributed by atoms with Gasteiger partial charge in [-0.05, 0) is 47.2 Å². The summed E-state index contributed by atoms with van der Waals surface area (Å²) in [5.41, 5.74) is -0.976. The van der Waals surface area contributed by atoms with Crippen molar-refractivity contribution >= 4 is 11.6 Å². The molecule has 0 amide bonds. The molecule has 0 saturated heterocycles. The number of halogens is 1. The molecule has 0 aliphatic heterocycles. The molecule has 234 valence electrons. The van der Waals surface area contributed by atoms with Crippen LogP contribution < -0.4 is 14.8 Å². The number of ether oxygens (including phenoxy) is 2. The minimum Gasteiger partial charge on any atom is -0.508 e. The summed E-state index contributed by atoms with van der Waals surface area (Å²) in [5, 5.41) is 31.3. The number of allylic oxidation sites excluding steroid dienone is 1. The topological polar surface area (TPSA) is 131 Å². The Bertz CT molecular complexity index is 1870. The molecule has 4 aromatic rings. The Morgan fingerprint density at radius 3 is 2.35 bits per heavy atom. The van der Waals surface area contributed by atoms with Gasteiger partial charge in [-0.25, -0.2) is 4.39 Å². The summed E-state index contributed by atoms with van der Waals surface area (Å²) >= 11 is 0. The van der Waals surface area contributed by atoms with Crippen molar-refractivity contribution in [3.8, 4) is 11.6 Å². The van der Waals surface area contributed by atoms with E-state index < -0.39 is 46.6 Å². The smallest absolute Gasteiger partial charge is 0.265 e. The molecule has 0 unspecified atom stereocenters. The molecule has 0 saturated carbocycles. The first-order valence-corrected chi connectivity index (χ1v) is 15.1. The number of carbonyl (C=O) groups is 2.